The summed E-state index contributed by atoms with van der Waals surface area (Å²) in [4.78, 5) is 34.8. The number of aryl methyl sites for hydroxylation is 1. The van der Waals surface area contributed by atoms with Crippen molar-refractivity contribution in [3.05, 3.63) is 77.5 Å². The average Bonchev–Trinajstić information content (AvgIpc) is 3.07. The van der Waals surface area contributed by atoms with E-state index in [1.807, 2.05) is 37.3 Å². The summed E-state index contributed by atoms with van der Waals surface area (Å²) < 4.78 is 6.62. The monoisotopic (exact) mass is 363 g/mol. The standard InChI is InChI=1S/C20H17N3O4/c1-14-11-18(23(22-14)17-5-3-2-4-6-17)21-19(25)13-27-20(26)16-9-7-15(12-24)8-10-16/h2-12H,13H2,1H3,(H,21,25). The van der Waals surface area contributed by atoms with Crippen molar-refractivity contribution in [2.24, 2.45) is 0 Å². The smallest absolute Gasteiger partial charge is 0.338 e. The Hall–Kier alpha value is -3.74. The molecule has 3 rings (SSSR count). The highest BCUT2D eigenvalue weighted by atomic mass is 16.5. The molecule has 0 saturated heterocycles. The molecule has 0 atom stereocenters. The van der Waals surface area contributed by atoms with E-state index in [4.69, 9.17) is 4.74 Å². The van der Waals surface area contributed by atoms with Gasteiger partial charge in [-0.3, -0.25) is 9.59 Å². The van der Waals surface area contributed by atoms with E-state index in [0.29, 0.717) is 17.7 Å². The molecule has 0 radical (unpaired) electrons. The molecule has 0 bridgehead atoms. The van der Waals surface area contributed by atoms with Crippen LogP contribution in [-0.4, -0.2) is 34.6 Å². The molecule has 0 unspecified atom stereocenters. The number of esters is 1. The minimum Gasteiger partial charge on any atom is -0.452 e. The van der Waals surface area contributed by atoms with E-state index >= 15 is 0 Å². The van der Waals surface area contributed by atoms with E-state index in [1.54, 1.807) is 10.7 Å². The first-order chi connectivity index (χ1) is 13.1. The van der Waals surface area contributed by atoms with Gasteiger partial charge in [0.15, 0.2) is 6.61 Å². The van der Waals surface area contributed by atoms with Crippen LogP contribution in [0.1, 0.15) is 26.4 Å². The number of carbonyl (C=O) groups is 3. The van der Waals surface area contributed by atoms with E-state index in [0.717, 1.165) is 11.4 Å². The molecule has 1 heterocycles. The predicted octanol–water partition coefficient (Wildman–Crippen LogP) is 2.79. The molecule has 1 aromatic heterocycles. The third-order valence-corrected chi connectivity index (χ3v) is 3.72. The van der Waals surface area contributed by atoms with Gasteiger partial charge in [-0.1, -0.05) is 30.3 Å². The fourth-order valence-corrected chi connectivity index (χ4v) is 2.45. The number of hydrogen-bond acceptors (Lipinski definition) is 5. The van der Waals surface area contributed by atoms with Crippen LogP contribution in [0.5, 0.6) is 0 Å². The maximum absolute atomic E-state index is 12.2. The van der Waals surface area contributed by atoms with Gasteiger partial charge in [0.1, 0.15) is 12.1 Å². The number of amides is 1. The number of ether oxygens (including phenoxy) is 1. The summed E-state index contributed by atoms with van der Waals surface area (Å²) in [5.74, 6) is -0.643. The Balaban J connectivity index is 1.63. The fourth-order valence-electron chi connectivity index (χ4n) is 2.45. The third kappa shape index (κ3) is 4.46. The van der Waals surface area contributed by atoms with Crippen molar-refractivity contribution in [1.29, 1.82) is 0 Å². The second-order valence-electron chi connectivity index (χ2n) is 5.78. The zero-order chi connectivity index (χ0) is 19.2. The van der Waals surface area contributed by atoms with Crippen LogP contribution >= 0.6 is 0 Å². The van der Waals surface area contributed by atoms with Crippen LogP contribution in [0, 0.1) is 6.92 Å². The van der Waals surface area contributed by atoms with Crippen LogP contribution < -0.4 is 5.32 Å². The van der Waals surface area contributed by atoms with E-state index in [1.165, 1.54) is 24.3 Å². The number of carbonyl (C=O) groups excluding carboxylic acids is 3. The number of hydrogen-bond donors (Lipinski definition) is 1. The lowest BCUT2D eigenvalue weighted by Crippen LogP contribution is -2.22. The molecular formula is C20H17N3O4. The minimum atomic E-state index is -0.643. The second-order valence-corrected chi connectivity index (χ2v) is 5.78. The number of nitrogens with one attached hydrogen (secondary N) is 1. The number of aromatic nitrogens is 2. The van der Waals surface area contributed by atoms with Gasteiger partial charge in [-0.15, -0.1) is 0 Å². The summed E-state index contributed by atoms with van der Waals surface area (Å²) >= 11 is 0. The number of rotatable bonds is 6. The SMILES string of the molecule is Cc1cc(NC(=O)COC(=O)c2ccc(C=O)cc2)n(-c2ccccc2)n1. The van der Waals surface area contributed by atoms with Gasteiger partial charge in [0.25, 0.3) is 5.91 Å². The minimum absolute atomic E-state index is 0.263. The number of nitrogens with zero attached hydrogens (tertiary/aromatic N) is 2. The second kappa shape index (κ2) is 8.09. The van der Waals surface area contributed by atoms with Crippen LogP contribution in [0.4, 0.5) is 5.82 Å². The first kappa shape index (κ1) is 18.1. The lowest BCUT2D eigenvalue weighted by Gasteiger charge is -2.09. The van der Waals surface area contributed by atoms with Gasteiger partial charge in [-0.05, 0) is 31.2 Å². The largest absolute Gasteiger partial charge is 0.452 e. The van der Waals surface area contributed by atoms with Crippen LogP contribution in [0.2, 0.25) is 0 Å². The van der Waals surface area contributed by atoms with Crippen molar-refractivity contribution in [3.8, 4) is 5.69 Å². The zero-order valence-corrected chi connectivity index (χ0v) is 14.6. The highest BCUT2D eigenvalue weighted by molar-refractivity contribution is 5.95. The Morgan fingerprint density at radius 3 is 2.48 bits per heavy atom. The molecule has 7 nitrogen and oxygen atoms in total. The maximum Gasteiger partial charge on any atom is 0.338 e. The Bertz CT molecular complexity index is 963. The van der Waals surface area contributed by atoms with E-state index in [-0.39, 0.29) is 5.56 Å². The van der Waals surface area contributed by atoms with Crippen LogP contribution in [0.15, 0.2) is 60.7 Å². The first-order valence-corrected chi connectivity index (χ1v) is 8.21. The molecule has 0 spiro atoms. The van der Waals surface area contributed by atoms with E-state index in [2.05, 4.69) is 10.4 Å². The zero-order valence-electron chi connectivity index (χ0n) is 14.6. The molecule has 0 saturated carbocycles. The van der Waals surface area contributed by atoms with Crippen LogP contribution in [-0.2, 0) is 9.53 Å². The van der Waals surface area contributed by atoms with Crippen LogP contribution in [0.3, 0.4) is 0 Å². The lowest BCUT2D eigenvalue weighted by molar-refractivity contribution is -0.119. The van der Waals surface area contributed by atoms with Crippen molar-refractivity contribution in [2.75, 3.05) is 11.9 Å². The number of benzene rings is 2. The molecule has 0 aliphatic heterocycles. The Kier molecular flexibility index (Phi) is 5.41. The van der Waals surface area contributed by atoms with Gasteiger partial charge < -0.3 is 10.1 Å². The molecular weight excluding hydrogens is 346 g/mol. The number of para-hydroxylation sites is 1. The molecule has 2 aromatic carbocycles. The molecule has 1 N–H and O–H groups in total. The Morgan fingerprint density at radius 2 is 1.81 bits per heavy atom. The summed E-state index contributed by atoms with van der Waals surface area (Å²) in [5.41, 5.74) is 2.25. The van der Waals surface area contributed by atoms with Crippen molar-refractivity contribution in [2.45, 2.75) is 6.92 Å². The van der Waals surface area contributed by atoms with Gasteiger partial charge in [-0.2, -0.15) is 5.10 Å². The maximum atomic E-state index is 12.2. The molecule has 136 valence electrons. The summed E-state index contributed by atoms with van der Waals surface area (Å²) in [6.07, 6.45) is 0.681. The number of anilines is 1. The van der Waals surface area contributed by atoms with Gasteiger partial charge in [0.05, 0.1) is 16.9 Å². The Labute approximate surface area is 155 Å². The van der Waals surface area contributed by atoms with Crippen molar-refractivity contribution in [3.63, 3.8) is 0 Å². The molecule has 1 amide bonds. The number of aldehydes is 1. The summed E-state index contributed by atoms with van der Waals surface area (Å²) in [6.45, 7) is 1.38. The molecule has 27 heavy (non-hydrogen) atoms. The quantitative estimate of drug-likeness (QED) is 0.537. The van der Waals surface area contributed by atoms with Crippen molar-refractivity contribution < 1.29 is 19.1 Å². The van der Waals surface area contributed by atoms with Gasteiger partial charge in [0.2, 0.25) is 0 Å². The van der Waals surface area contributed by atoms with E-state index < -0.39 is 18.5 Å². The lowest BCUT2D eigenvalue weighted by atomic mass is 10.1. The first-order valence-electron chi connectivity index (χ1n) is 8.21. The Morgan fingerprint density at radius 1 is 1.11 bits per heavy atom. The van der Waals surface area contributed by atoms with Crippen LogP contribution in [0.25, 0.3) is 5.69 Å². The van der Waals surface area contributed by atoms with Crippen molar-refractivity contribution >= 4 is 24.0 Å². The van der Waals surface area contributed by atoms with E-state index in [9.17, 15) is 14.4 Å². The predicted molar refractivity (Wildman–Crippen MR) is 99.0 cm³/mol. The summed E-state index contributed by atoms with van der Waals surface area (Å²) in [7, 11) is 0. The highest BCUT2D eigenvalue weighted by Crippen LogP contribution is 2.16. The molecule has 0 aliphatic rings. The normalized spacial score (nSPS) is 10.3. The highest BCUT2D eigenvalue weighted by Gasteiger charge is 2.14. The fraction of sp³-hybridized carbons (Fsp3) is 0.100. The third-order valence-electron chi connectivity index (χ3n) is 3.72. The molecule has 3 aromatic rings. The van der Waals surface area contributed by atoms with Gasteiger partial charge in [0, 0.05) is 11.6 Å². The molecule has 7 heteroatoms. The topological polar surface area (TPSA) is 90.3 Å². The summed E-state index contributed by atoms with van der Waals surface area (Å²) in [6, 6.07) is 17.0. The van der Waals surface area contributed by atoms with Gasteiger partial charge >= 0.3 is 5.97 Å². The average molecular weight is 363 g/mol. The molecule has 0 fully saturated rings. The van der Waals surface area contributed by atoms with Crippen molar-refractivity contribution in [1.82, 2.24) is 9.78 Å². The summed E-state index contributed by atoms with van der Waals surface area (Å²) in [5, 5.41) is 7.05. The molecule has 0 aliphatic carbocycles. The van der Waals surface area contributed by atoms with Gasteiger partial charge in [-0.25, -0.2) is 9.48 Å².